The zero-order valence-electron chi connectivity index (χ0n) is 9.67. The SMILES string of the molecule is NC1(c2cc(CF)cc3c2OCO3)CCCC1. The number of hydrogen-bond donors (Lipinski definition) is 1. The lowest BCUT2D eigenvalue weighted by molar-refractivity contribution is 0.172. The van der Waals surface area contributed by atoms with Gasteiger partial charge in [-0.1, -0.05) is 12.8 Å². The summed E-state index contributed by atoms with van der Waals surface area (Å²) in [6.07, 6.45) is 4.09. The number of nitrogens with two attached hydrogens (primary N) is 1. The topological polar surface area (TPSA) is 44.5 Å². The van der Waals surface area contributed by atoms with Gasteiger partial charge in [-0.25, -0.2) is 4.39 Å². The van der Waals surface area contributed by atoms with Gasteiger partial charge in [0.05, 0.1) is 0 Å². The van der Waals surface area contributed by atoms with E-state index in [-0.39, 0.29) is 12.3 Å². The molecule has 2 aliphatic rings. The molecule has 0 radical (unpaired) electrons. The van der Waals surface area contributed by atoms with Crippen LogP contribution in [0.5, 0.6) is 11.5 Å². The lowest BCUT2D eigenvalue weighted by atomic mass is 9.87. The maximum atomic E-state index is 12.8. The summed E-state index contributed by atoms with van der Waals surface area (Å²) in [5.41, 5.74) is 7.57. The molecule has 1 fully saturated rings. The molecule has 0 aromatic heterocycles. The number of ether oxygens (including phenoxy) is 2. The third kappa shape index (κ3) is 1.67. The minimum atomic E-state index is -0.500. The van der Waals surface area contributed by atoms with Crippen LogP contribution in [0.2, 0.25) is 0 Å². The van der Waals surface area contributed by atoms with Crippen LogP contribution in [0.1, 0.15) is 36.8 Å². The number of benzene rings is 1. The Balaban J connectivity index is 2.11. The van der Waals surface area contributed by atoms with Crippen molar-refractivity contribution >= 4 is 0 Å². The largest absolute Gasteiger partial charge is 0.454 e. The van der Waals surface area contributed by atoms with Gasteiger partial charge in [-0.05, 0) is 30.5 Å². The van der Waals surface area contributed by atoms with Gasteiger partial charge in [0, 0.05) is 11.1 Å². The van der Waals surface area contributed by atoms with Crippen molar-refractivity contribution in [3.63, 3.8) is 0 Å². The summed E-state index contributed by atoms with van der Waals surface area (Å²) in [7, 11) is 0. The van der Waals surface area contributed by atoms with Crippen LogP contribution in [-0.4, -0.2) is 6.79 Å². The van der Waals surface area contributed by atoms with Crippen LogP contribution in [0.15, 0.2) is 12.1 Å². The first-order chi connectivity index (χ1) is 8.23. The lowest BCUT2D eigenvalue weighted by Gasteiger charge is -2.25. The molecule has 3 rings (SSSR count). The highest BCUT2D eigenvalue weighted by Gasteiger charge is 2.36. The second-order valence-electron chi connectivity index (χ2n) is 4.87. The fraction of sp³-hybridized carbons (Fsp3) is 0.538. The highest BCUT2D eigenvalue weighted by atomic mass is 19.1. The normalized spacial score (nSPS) is 20.8. The van der Waals surface area contributed by atoms with E-state index in [2.05, 4.69) is 0 Å². The molecule has 0 amide bonds. The quantitative estimate of drug-likeness (QED) is 0.859. The number of rotatable bonds is 2. The molecule has 1 aliphatic carbocycles. The summed E-state index contributed by atoms with van der Waals surface area (Å²) in [5, 5.41) is 0. The van der Waals surface area contributed by atoms with Crippen molar-refractivity contribution in [2.75, 3.05) is 6.79 Å². The van der Waals surface area contributed by atoms with Crippen LogP contribution in [0.25, 0.3) is 0 Å². The van der Waals surface area contributed by atoms with E-state index in [1.807, 2.05) is 6.07 Å². The van der Waals surface area contributed by atoms with Crippen LogP contribution in [0.3, 0.4) is 0 Å². The van der Waals surface area contributed by atoms with Crippen molar-refractivity contribution in [3.05, 3.63) is 23.3 Å². The number of halogens is 1. The summed E-state index contributed by atoms with van der Waals surface area (Å²) in [6, 6.07) is 3.53. The fourth-order valence-electron chi connectivity index (χ4n) is 2.79. The van der Waals surface area contributed by atoms with Crippen molar-refractivity contribution < 1.29 is 13.9 Å². The smallest absolute Gasteiger partial charge is 0.231 e. The van der Waals surface area contributed by atoms with E-state index in [4.69, 9.17) is 15.2 Å². The summed E-state index contributed by atoms with van der Waals surface area (Å²) in [4.78, 5) is 0. The zero-order valence-corrected chi connectivity index (χ0v) is 9.67. The van der Waals surface area contributed by atoms with Gasteiger partial charge in [0.1, 0.15) is 6.67 Å². The van der Waals surface area contributed by atoms with Gasteiger partial charge in [-0.2, -0.15) is 0 Å². The second-order valence-corrected chi connectivity index (χ2v) is 4.87. The standard InChI is InChI=1S/C13H16FNO2/c14-7-9-5-10(13(15)3-1-2-4-13)12-11(6-9)16-8-17-12/h5-6H,1-4,7-8,15H2. The average molecular weight is 237 g/mol. The van der Waals surface area contributed by atoms with Crippen molar-refractivity contribution in [1.29, 1.82) is 0 Å². The average Bonchev–Trinajstić information content (AvgIpc) is 2.96. The van der Waals surface area contributed by atoms with Gasteiger partial charge in [-0.3, -0.25) is 0 Å². The molecule has 1 saturated carbocycles. The van der Waals surface area contributed by atoms with Crippen molar-refractivity contribution in [2.45, 2.75) is 37.9 Å². The highest BCUT2D eigenvalue weighted by molar-refractivity contribution is 5.53. The third-order valence-electron chi connectivity index (χ3n) is 3.72. The Labute approximate surface area is 99.7 Å². The van der Waals surface area contributed by atoms with E-state index in [1.54, 1.807) is 6.07 Å². The maximum absolute atomic E-state index is 12.8. The van der Waals surface area contributed by atoms with Crippen LogP contribution in [0.4, 0.5) is 4.39 Å². The van der Waals surface area contributed by atoms with E-state index in [1.165, 1.54) is 0 Å². The number of hydrogen-bond acceptors (Lipinski definition) is 3. The maximum Gasteiger partial charge on any atom is 0.231 e. The molecular weight excluding hydrogens is 221 g/mol. The summed E-state index contributed by atoms with van der Waals surface area (Å²) >= 11 is 0. The molecule has 0 unspecified atom stereocenters. The van der Waals surface area contributed by atoms with E-state index >= 15 is 0 Å². The zero-order chi connectivity index (χ0) is 11.9. The van der Waals surface area contributed by atoms with Crippen LogP contribution >= 0.6 is 0 Å². The number of alkyl halides is 1. The molecule has 0 saturated heterocycles. The van der Waals surface area contributed by atoms with Crippen LogP contribution in [0, 0.1) is 0 Å². The van der Waals surface area contributed by atoms with Crippen molar-refractivity contribution in [2.24, 2.45) is 5.73 Å². The first-order valence-electron chi connectivity index (χ1n) is 6.01. The van der Waals surface area contributed by atoms with Crippen LogP contribution in [-0.2, 0) is 12.2 Å². The molecule has 1 aliphatic heterocycles. The second kappa shape index (κ2) is 3.88. The monoisotopic (exact) mass is 237 g/mol. The minimum absolute atomic E-state index is 0.203. The molecule has 1 heterocycles. The Morgan fingerprint density at radius 1 is 1.24 bits per heavy atom. The van der Waals surface area contributed by atoms with Gasteiger partial charge in [-0.15, -0.1) is 0 Å². The summed E-state index contributed by atoms with van der Waals surface area (Å²) in [6.45, 7) is -0.298. The van der Waals surface area contributed by atoms with Crippen molar-refractivity contribution in [1.82, 2.24) is 0 Å². The summed E-state index contributed by atoms with van der Waals surface area (Å²) in [5.74, 6) is 1.35. The molecule has 17 heavy (non-hydrogen) atoms. The van der Waals surface area contributed by atoms with E-state index < -0.39 is 6.67 Å². The Morgan fingerprint density at radius 2 is 2.00 bits per heavy atom. The Bertz CT molecular complexity index is 441. The van der Waals surface area contributed by atoms with Crippen molar-refractivity contribution in [3.8, 4) is 11.5 Å². The number of fused-ring (bicyclic) bond motifs is 1. The molecule has 4 heteroatoms. The molecule has 92 valence electrons. The lowest BCUT2D eigenvalue weighted by Crippen LogP contribution is -2.33. The predicted molar refractivity (Wildman–Crippen MR) is 61.7 cm³/mol. The molecular formula is C13H16FNO2. The Kier molecular flexibility index (Phi) is 2.47. The Morgan fingerprint density at radius 3 is 2.71 bits per heavy atom. The Hall–Kier alpha value is -1.29. The van der Waals surface area contributed by atoms with Crippen LogP contribution < -0.4 is 15.2 Å². The third-order valence-corrected chi connectivity index (χ3v) is 3.72. The highest BCUT2D eigenvalue weighted by Crippen LogP contribution is 2.46. The first-order valence-corrected chi connectivity index (χ1v) is 6.01. The summed E-state index contributed by atoms with van der Waals surface area (Å²) < 4.78 is 23.7. The van der Waals surface area contributed by atoms with Gasteiger partial charge in [0.15, 0.2) is 11.5 Å². The molecule has 0 spiro atoms. The first kappa shape index (κ1) is 10.8. The molecule has 1 aromatic rings. The molecule has 3 nitrogen and oxygen atoms in total. The van der Waals surface area contributed by atoms with Gasteiger partial charge < -0.3 is 15.2 Å². The van der Waals surface area contributed by atoms with Gasteiger partial charge >= 0.3 is 0 Å². The molecule has 1 aromatic carbocycles. The predicted octanol–water partition coefficient (Wildman–Crippen LogP) is 2.61. The van der Waals surface area contributed by atoms with E-state index in [0.29, 0.717) is 17.1 Å². The molecule has 0 bridgehead atoms. The fourth-order valence-corrected chi connectivity index (χ4v) is 2.79. The minimum Gasteiger partial charge on any atom is -0.454 e. The van der Waals surface area contributed by atoms with Gasteiger partial charge in [0.25, 0.3) is 0 Å². The van der Waals surface area contributed by atoms with Gasteiger partial charge in [0.2, 0.25) is 6.79 Å². The van der Waals surface area contributed by atoms with E-state index in [9.17, 15) is 4.39 Å². The molecule has 2 N–H and O–H groups in total. The van der Waals surface area contributed by atoms with E-state index in [0.717, 1.165) is 31.2 Å². The molecule has 0 atom stereocenters.